The molecule has 2 atom stereocenters. The summed E-state index contributed by atoms with van der Waals surface area (Å²) >= 11 is 0. The highest BCUT2D eigenvalue weighted by Crippen LogP contribution is 2.25. The lowest BCUT2D eigenvalue weighted by Gasteiger charge is -2.13. The van der Waals surface area contributed by atoms with E-state index < -0.39 is 21.2 Å². The quantitative estimate of drug-likeness (QED) is 0.663. The van der Waals surface area contributed by atoms with Gasteiger partial charge in [-0.1, -0.05) is 6.92 Å². The summed E-state index contributed by atoms with van der Waals surface area (Å²) in [4.78, 5) is 0. The van der Waals surface area contributed by atoms with Crippen LogP contribution in [-0.4, -0.2) is 30.6 Å². The normalized spacial score (nSPS) is 32.5. The molecule has 11 heavy (non-hydrogen) atoms. The molecule has 0 spiro atoms. The van der Waals surface area contributed by atoms with Crippen LogP contribution in [0.15, 0.2) is 0 Å². The summed E-state index contributed by atoms with van der Waals surface area (Å²) in [5.41, 5.74) is 0. The summed E-state index contributed by atoms with van der Waals surface area (Å²) < 4.78 is 22.5. The van der Waals surface area contributed by atoms with Crippen LogP contribution in [0.5, 0.6) is 0 Å². The summed E-state index contributed by atoms with van der Waals surface area (Å²) in [5, 5.41) is 8.80. The molecule has 0 amide bonds. The molecule has 0 aromatic heterocycles. The van der Waals surface area contributed by atoms with Crippen LogP contribution >= 0.6 is 0 Å². The zero-order valence-electron chi connectivity index (χ0n) is 6.66. The van der Waals surface area contributed by atoms with Crippen LogP contribution in [0.25, 0.3) is 0 Å². The van der Waals surface area contributed by atoms with Gasteiger partial charge in [0.25, 0.3) is 0 Å². The lowest BCUT2D eigenvalue weighted by Crippen LogP contribution is -2.30. The Kier molecular flexibility index (Phi) is 2.54. The first-order valence-corrected chi connectivity index (χ1v) is 5.69. The molecule has 4 heteroatoms. The van der Waals surface area contributed by atoms with Gasteiger partial charge in [-0.05, 0) is 19.3 Å². The highest BCUT2D eigenvalue weighted by atomic mass is 32.2. The highest BCUT2D eigenvalue weighted by Gasteiger charge is 2.34. The molecular weight excluding hydrogens is 164 g/mol. The van der Waals surface area contributed by atoms with E-state index >= 15 is 0 Å². The van der Waals surface area contributed by atoms with Crippen molar-refractivity contribution in [2.75, 3.05) is 5.75 Å². The minimum absolute atomic E-state index is 0.148. The smallest absolute Gasteiger partial charge is 0.155 e. The monoisotopic (exact) mass is 178 g/mol. The molecule has 0 aliphatic heterocycles. The number of rotatable bonds is 2. The van der Waals surface area contributed by atoms with Gasteiger partial charge in [-0.25, -0.2) is 8.42 Å². The number of hydrogen-bond donors (Lipinski definition) is 1. The second kappa shape index (κ2) is 3.11. The van der Waals surface area contributed by atoms with Gasteiger partial charge in [0, 0.05) is 5.75 Å². The van der Waals surface area contributed by atoms with Crippen LogP contribution in [0.1, 0.15) is 26.2 Å². The van der Waals surface area contributed by atoms with Crippen LogP contribution in [0.4, 0.5) is 0 Å². The first kappa shape index (κ1) is 9.00. The molecule has 1 rings (SSSR count). The summed E-state index contributed by atoms with van der Waals surface area (Å²) in [6, 6.07) is 0. The van der Waals surface area contributed by atoms with Gasteiger partial charge in [0.2, 0.25) is 0 Å². The molecule has 0 unspecified atom stereocenters. The van der Waals surface area contributed by atoms with E-state index in [1.54, 1.807) is 6.92 Å². The summed E-state index contributed by atoms with van der Waals surface area (Å²) in [5.74, 6) is 0.148. The average Bonchev–Trinajstić information content (AvgIpc) is 2.36. The summed E-state index contributed by atoms with van der Waals surface area (Å²) in [7, 11) is -3.00. The van der Waals surface area contributed by atoms with E-state index in [0.29, 0.717) is 12.8 Å². The van der Waals surface area contributed by atoms with E-state index in [0.717, 1.165) is 6.42 Å². The maximum Gasteiger partial charge on any atom is 0.155 e. The number of aliphatic hydroxyl groups is 1. The predicted molar refractivity (Wildman–Crippen MR) is 43.1 cm³/mol. The Labute approximate surface area is 67.3 Å². The third kappa shape index (κ3) is 1.73. The molecule has 1 saturated carbocycles. The molecule has 0 aromatic rings. The molecule has 1 aliphatic carbocycles. The summed E-state index contributed by atoms with van der Waals surface area (Å²) in [6.07, 6.45) is 1.51. The Morgan fingerprint density at radius 3 is 2.45 bits per heavy atom. The van der Waals surface area contributed by atoms with E-state index in [1.165, 1.54) is 0 Å². The fourth-order valence-corrected chi connectivity index (χ4v) is 3.11. The zero-order chi connectivity index (χ0) is 8.48. The SMILES string of the molecule is CCS(=O)(=O)[C@H]1CCC[C@H]1O. The molecule has 0 aromatic carbocycles. The van der Waals surface area contributed by atoms with Crippen molar-refractivity contribution in [3.63, 3.8) is 0 Å². The van der Waals surface area contributed by atoms with Crippen molar-refractivity contribution in [3.8, 4) is 0 Å². The second-order valence-electron chi connectivity index (χ2n) is 2.99. The first-order chi connectivity index (χ1) is 5.08. The largest absolute Gasteiger partial charge is 0.392 e. The standard InChI is InChI=1S/C7H14O3S/c1-2-11(9,10)7-5-3-4-6(7)8/h6-8H,2-5H2,1H3/t6-,7+/m1/s1. The lowest BCUT2D eigenvalue weighted by molar-refractivity contribution is 0.185. The number of aliphatic hydroxyl groups excluding tert-OH is 1. The average molecular weight is 178 g/mol. The molecule has 0 radical (unpaired) electrons. The minimum Gasteiger partial charge on any atom is -0.392 e. The van der Waals surface area contributed by atoms with Gasteiger partial charge in [-0.15, -0.1) is 0 Å². The minimum atomic E-state index is -3.00. The third-order valence-electron chi connectivity index (χ3n) is 2.28. The lowest BCUT2D eigenvalue weighted by atomic mass is 10.3. The summed E-state index contributed by atoms with van der Waals surface area (Å²) in [6.45, 7) is 1.63. The van der Waals surface area contributed by atoms with Crippen molar-refractivity contribution in [2.45, 2.75) is 37.5 Å². The first-order valence-electron chi connectivity index (χ1n) is 3.97. The molecule has 0 saturated heterocycles. The number of hydrogen-bond acceptors (Lipinski definition) is 3. The second-order valence-corrected chi connectivity index (χ2v) is 5.50. The van der Waals surface area contributed by atoms with Crippen LogP contribution < -0.4 is 0 Å². The maximum absolute atomic E-state index is 11.3. The highest BCUT2D eigenvalue weighted by molar-refractivity contribution is 7.92. The third-order valence-corrected chi connectivity index (χ3v) is 4.56. The van der Waals surface area contributed by atoms with E-state index in [4.69, 9.17) is 0 Å². The van der Waals surface area contributed by atoms with E-state index in [2.05, 4.69) is 0 Å². The molecule has 1 aliphatic rings. The Balaban J connectivity index is 2.75. The zero-order valence-corrected chi connectivity index (χ0v) is 7.47. The molecule has 1 N–H and O–H groups in total. The Bertz CT molecular complexity index is 220. The van der Waals surface area contributed by atoms with Crippen molar-refractivity contribution in [1.82, 2.24) is 0 Å². The fourth-order valence-electron chi connectivity index (χ4n) is 1.54. The van der Waals surface area contributed by atoms with Gasteiger partial charge in [0.15, 0.2) is 9.84 Å². The molecule has 0 heterocycles. The van der Waals surface area contributed by atoms with E-state index in [1.807, 2.05) is 0 Å². The van der Waals surface area contributed by atoms with Crippen LogP contribution in [-0.2, 0) is 9.84 Å². The van der Waals surface area contributed by atoms with E-state index in [9.17, 15) is 13.5 Å². The van der Waals surface area contributed by atoms with Crippen LogP contribution in [0.2, 0.25) is 0 Å². The van der Waals surface area contributed by atoms with Crippen molar-refractivity contribution < 1.29 is 13.5 Å². The van der Waals surface area contributed by atoms with Crippen molar-refractivity contribution >= 4 is 9.84 Å². The fraction of sp³-hybridized carbons (Fsp3) is 1.00. The van der Waals surface area contributed by atoms with Gasteiger partial charge in [0.05, 0.1) is 11.4 Å². The van der Waals surface area contributed by atoms with Crippen molar-refractivity contribution in [1.29, 1.82) is 0 Å². The van der Waals surface area contributed by atoms with Gasteiger partial charge in [0.1, 0.15) is 0 Å². The van der Waals surface area contributed by atoms with Crippen molar-refractivity contribution in [2.24, 2.45) is 0 Å². The Morgan fingerprint density at radius 2 is 2.09 bits per heavy atom. The van der Waals surface area contributed by atoms with Crippen LogP contribution in [0, 0.1) is 0 Å². The van der Waals surface area contributed by atoms with Gasteiger partial charge < -0.3 is 5.11 Å². The Morgan fingerprint density at radius 1 is 1.45 bits per heavy atom. The van der Waals surface area contributed by atoms with Crippen molar-refractivity contribution in [3.05, 3.63) is 0 Å². The van der Waals surface area contributed by atoms with Gasteiger partial charge in [-0.2, -0.15) is 0 Å². The molecule has 66 valence electrons. The molecule has 3 nitrogen and oxygen atoms in total. The number of sulfone groups is 1. The molecule has 1 fully saturated rings. The topological polar surface area (TPSA) is 54.4 Å². The van der Waals surface area contributed by atoms with Gasteiger partial charge in [-0.3, -0.25) is 0 Å². The van der Waals surface area contributed by atoms with Gasteiger partial charge >= 0.3 is 0 Å². The molecule has 0 bridgehead atoms. The van der Waals surface area contributed by atoms with Crippen LogP contribution in [0.3, 0.4) is 0 Å². The Hall–Kier alpha value is -0.0900. The molecular formula is C7H14O3S. The van der Waals surface area contributed by atoms with E-state index in [-0.39, 0.29) is 5.75 Å². The predicted octanol–water partition coefficient (Wildman–Crippen LogP) is 0.335. The maximum atomic E-state index is 11.3.